The zero-order valence-corrected chi connectivity index (χ0v) is 10.8. The Hall–Kier alpha value is -1.00. The molecule has 2 heterocycles. The van der Waals surface area contributed by atoms with E-state index in [9.17, 15) is 0 Å². The second-order valence-corrected chi connectivity index (χ2v) is 5.52. The average Bonchev–Trinajstić information content (AvgIpc) is 2.85. The molecule has 2 aliphatic rings. The summed E-state index contributed by atoms with van der Waals surface area (Å²) in [7, 11) is 0. The first-order valence-corrected chi connectivity index (χ1v) is 7.12. The predicted molar refractivity (Wildman–Crippen MR) is 70.9 cm³/mol. The van der Waals surface area contributed by atoms with E-state index in [1.807, 2.05) is 12.3 Å². The lowest BCUT2D eigenvalue weighted by Crippen LogP contribution is -2.40. The molecule has 1 aromatic heterocycles. The SMILES string of the molecule is NCC(c1ccncn1)N1CCC2CCCCC21. The molecule has 1 aliphatic carbocycles. The van der Waals surface area contributed by atoms with Gasteiger partial charge < -0.3 is 5.73 Å². The minimum absolute atomic E-state index is 0.279. The number of likely N-dealkylation sites (tertiary alicyclic amines) is 1. The van der Waals surface area contributed by atoms with Crippen LogP contribution >= 0.6 is 0 Å². The van der Waals surface area contributed by atoms with E-state index in [0.29, 0.717) is 6.54 Å². The summed E-state index contributed by atoms with van der Waals surface area (Å²) in [6.07, 6.45) is 10.3. The third-order valence-corrected chi connectivity index (χ3v) is 4.62. The fourth-order valence-electron chi connectivity index (χ4n) is 3.75. The number of hydrogen-bond donors (Lipinski definition) is 1. The Morgan fingerprint density at radius 1 is 1.33 bits per heavy atom. The maximum absolute atomic E-state index is 6.00. The average molecular weight is 246 g/mol. The van der Waals surface area contributed by atoms with E-state index < -0.39 is 0 Å². The summed E-state index contributed by atoms with van der Waals surface area (Å²) in [6, 6.07) is 3.02. The zero-order valence-electron chi connectivity index (χ0n) is 10.8. The van der Waals surface area contributed by atoms with Crippen LogP contribution in [0.15, 0.2) is 18.6 Å². The van der Waals surface area contributed by atoms with E-state index in [-0.39, 0.29) is 6.04 Å². The summed E-state index contributed by atoms with van der Waals surface area (Å²) in [4.78, 5) is 11.0. The maximum atomic E-state index is 6.00. The molecular weight excluding hydrogens is 224 g/mol. The van der Waals surface area contributed by atoms with Crippen molar-refractivity contribution in [1.82, 2.24) is 14.9 Å². The first kappa shape index (κ1) is 12.1. The molecule has 4 heteroatoms. The van der Waals surface area contributed by atoms with Crippen molar-refractivity contribution in [3.8, 4) is 0 Å². The topological polar surface area (TPSA) is 55.0 Å². The summed E-state index contributed by atoms with van der Waals surface area (Å²) in [6.45, 7) is 1.83. The number of hydrogen-bond acceptors (Lipinski definition) is 4. The highest BCUT2D eigenvalue weighted by Gasteiger charge is 2.39. The molecule has 1 aliphatic heterocycles. The van der Waals surface area contributed by atoms with Crippen molar-refractivity contribution in [2.45, 2.75) is 44.2 Å². The van der Waals surface area contributed by atoms with Crippen LogP contribution in [-0.2, 0) is 0 Å². The van der Waals surface area contributed by atoms with Gasteiger partial charge in [-0.05, 0) is 37.8 Å². The van der Waals surface area contributed by atoms with Gasteiger partial charge in [-0.15, -0.1) is 0 Å². The van der Waals surface area contributed by atoms with E-state index in [1.165, 1.54) is 38.6 Å². The van der Waals surface area contributed by atoms with Crippen LogP contribution in [0.5, 0.6) is 0 Å². The normalized spacial score (nSPS) is 30.1. The van der Waals surface area contributed by atoms with Crippen molar-refractivity contribution in [3.63, 3.8) is 0 Å². The van der Waals surface area contributed by atoms with Crippen LogP contribution < -0.4 is 5.73 Å². The second-order valence-electron chi connectivity index (χ2n) is 5.52. The van der Waals surface area contributed by atoms with Gasteiger partial charge in [0.1, 0.15) is 6.33 Å². The lowest BCUT2D eigenvalue weighted by Gasteiger charge is -2.36. The Balaban J connectivity index is 1.80. The molecule has 1 aromatic rings. The van der Waals surface area contributed by atoms with E-state index in [2.05, 4.69) is 14.9 Å². The number of nitrogens with two attached hydrogens (primary N) is 1. The van der Waals surface area contributed by atoms with Crippen LogP contribution in [0.25, 0.3) is 0 Å². The maximum Gasteiger partial charge on any atom is 0.115 e. The standard InChI is InChI=1S/C14H22N4/c15-9-14(12-5-7-16-10-17-12)18-8-6-11-3-1-2-4-13(11)18/h5,7,10-11,13-14H,1-4,6,8-9,15H2. The molecule has 0 radical (unpaired) electrons. The van der Waals surface area contributed by atoms with Crippen LogP contribution in [-0.4, -0.2) is 34.0 Å². The molecular formula is C14H22N4. The van der Waals surface area contributed by atoms with Crippen molar-refractivity contribution in [1.29, 1.82) is 0 Å². The molecule has 2 N–H and O–H groups in total. The summed E-state index contributed by atoms with van der Waals surface area (Å²) >= 11 is 0. The smallest absolute Gasteiger partial charge is 0.115 e. The van der Waals surface area contributed by atoms with Crippen molar-refractivity contribution >= 4 is 0 Å². The van der Waals surface area contributed by atoms with E-state index in [0.717, 1.165) is 17.7 Å². The van der Waals surface area contributed by atoms with Gasteiger partial charge in [0.05, 0.1) is 11.7 Å². The van der Waals surface area contributed by atoms with Gasteiger partial charge >= 0.3 is 0 Å². The fraction of sp³-hybridized carbons (Fsp3) is 0.714. The predicted octanol–water partition coefficient (Wildman–Crippen LogP) is 1.74. The molecule has 2 fully saturated rings. The minimum atomic E-state index is 0.279. The van der Waals surface area contributed by atoms with Crippen molar-refractivity contribution in [2.75, 3.05) is 13.1 Å². The zero-order chi connectivity index (χ0) is 12.4. The van der Waals surface area contributed by atoms with E-state index >= 15 is 0 Å². The summed E-state index contributed by atoms with van der Waals surface area (Å²) in [5.41, 5.74) is 7.09. The number of rotatable bonds is 3. The largest absolute Gasteiger partial charge is 0.329 e. The van der Waals surface area contributed by atoms with Gasteiger partial charge in [-0.2, -0.15) is 0 Å². The molecule has 4 nitrogen and oxygen atoms in total. The molecule has 1 saturated carbocycles. The first-order valence-electron chi connectivity index (χ1n) is 7.12. The molecule has 0 amide bonds. The Labute approximate surface area is 109 Å². The highest BCUT2D eigenvalue weighted by molar-refractivity contribution is 5.08. The highest BCUT2D eigenvalue weighted by atomic mass is 15.2. The molecule has 98 valence electrons. The quantitative estimate of drug-likeness (QED) is 0.882. The van der Waals surface area contributed by atoms with Gasteiger partial charge in [0.25, 0.3) is 0 Å². The van der Waals surface area contributed by atoms with E-state index in [1.54, 1.807) is 6.33 Å². The fourth-order valence-corrected chi connectivity index (χ4v) is 3.75. The summed E-state index contributed by atoms with van der Waals surface area (Å²) < 4.78 is 0. The van der Waals surface area contributed by atoms with Gasteiger partial charge in [-0.3, -0.25) is 4.90 Å². The first-order chi connectivity index (χ1) is 8.90. The molecule has 1 saturated heterocycles. The van der Waals surface area contributed by atoms with E-state index in [4.69, 9.17) is 5.73 Å². The van der Waals surface area contributed by atoms with Gasteiger partial charge in [-0.1, -0.05) is 12.8 Å². The molecule has 0 bridgehead atoms. The molecule has 0 aromatic carbocycles. The number of fused-ring (bicyclic) bond motifs is 1. The molecule has 3 unspecified atom stereocenters. The molecule has 3 rings (SSSR count). The molecule has 0 spiro atoms. The van der Waals surface area contributed by atoms with Crippen molar-refractivity contribution < 1.29 is 0 Å². The van der Waals surface area contributed by atoms with Crippen LogP contribution in [0, 0.1) is 5.92 Å². The van der Waals surface area contributed by atoms with Crippen molar-refractivity contribution in [3.05, 3.63) is 24.3 Å². The van der Waals surface area contributed by atoms with Crippen LogP contribution in [0.4, 0.5) is 0 Å². The summed E-state index contributed by atoms with van der Waals surface area (Å²) in [5, 5.41) is 0. The Morgan fingerprint density at radius 3 is 3.00 bits per heavy atom. The van der Waals surface area contributed by atoms with Crippen molar-refractivity contribution in [2.24, 2.45) is 11.7 Å². The van der Waals surface area contributed by atoms with Gasteiger partial charge in [0, 0.05) is 18.8 Å². The minimum Gasteiger partial charge on any atom is -0.329 e. The monoisotopic (exact) mass is 246 g/mol. The molecule has 18 heavy (non-hydrogen) atoms. The number of aromatic nitrogens is 2. The number of nitrogens with zero attached hydrogens (tertiary/aromatic N) is 3. The Kier molecular flexibility index (Phi) is 3.57. The van der Waals surface area contributed by atoms with Crippen LogP contribution in [0.3, 0.4) is 0 Å². The lowest BCUT2D eigenvalue weighted by molar-refractivity contribution is 0.133. The van der Waals surface area contributed by atoms with Crippen LogP contribution in [0.1, 0.15) is 43.8 Å². The lowest BCUT2D eigenvalue weighted by atomic mass is 9.85. The third-order valence-electron chi connectivity index (χ3n) is 4.62. The Morgan fingerprint density at radius 2 is 2.22 bits per heavy atom. The van der Waals surface area contributed by atoms with Gasteiger partial charge in [0.2, 0.25) is 0 Å². The van der Waals surface area contributed by atoms with Gasteiger partial charge in [0.15, 0.2) is 0 Å². The second kappa shape index (κ2) is 5.33. The highest BCUT2D eigenvalue weighted by Crippen LogP contribution is 2.39. The van der Waals surface area contributed by atoms with Gasteiger partial charge in [-0.25, -0.2) is 9.97 Å². The third kappa shape index (κ3) is 2.15. The van der Waals surface area contributed by atoms with Crippen LogP contribution in [0.2, 0.25) is 0 Å². The Bertz CT molecular complexity index is 381. The summed E-state index contributed by atoms with van der Waals surface area (Å²) in [5.74, 6) is 0.898. The molecule has 3 atom stereocenters.